The third kappa shape index (κ3) is 11.4. The van der Waals surface area contributed by atoms with Crippen LogP contribution in [0.25, 0.3) is 44.1 Å². The standard InChI is InChI=1S/C28H28N6O3.C27H26N6O2/c1-4-24(35)31-20-7-5-6-18(14-20)25-17(2)8-9-19-15-30-28(34-26(19)25)33-22-11-10-21(32-27(22)36-3)23-16-29-12-13-37-23;1-3-24(34)31-20-6-4-5-18(13-20)25-17(2)7-8-19-14-30-27(33-26(19)25)32-21-9-10-22(29-15-21)23-16-28-11-12-35-23/h4-11,14-15,23,29H,1,12-13,16H2,2-3H3,(H,31,35)(H,30,33,34);3-10,13-15,23,28H,1,11-12,16H2,2H3,(H,31,34)(H,30,32,33). The van der Waals surface area contributed by atoms with E-state index in [1.165, 1.54) is 12.2 Å². The molecule has 2 atom stereocenters. The van der Waals surface area contributed by atoms with Gasteiger partial charge in [0.1, 0.15) is 17.9 Å². The monoisotopic (exact) mass is 962 g/mol. The first kappa shape index (κ1) is 48.5. The molecule has 2 aliphatic rings. The second-order valence-corrected chi connectivity index (χ2v) is 17.0. The van der Waals surface area contributed by atoms with Crippen LogP contribution in [0.15, 0.2) is 141 Å². The molecule has 4 aromatic heterocycles. The molecule has 17 nitrogen and oxygen atoms in total. The zero-order valence-corrected chi connectivity index (χ0v) is 40.2. The van der Waals surface area contributed by atoms with Gasteiger partial charge >= 0.3 is 0 Å². The predicted octanol–water partition coefficient (Wildman–Crippen LogP) is 9.07. The number of pyridine rings is 2. The van der Waals surface area contributed by atoms with Crippen molar-refractivity contribution in [2.45, 2.75) is 26.1 Å². The van der Waals surface area contributed by atoms with Gasteiger partial charge < -0.3 is 46.1 Å². The van der Waals surface area contributed by atoms with Gasteiger partial charge in [0.15, 0.2) is 0 Å². The van der Waals surface area contributed by atoms with E-state index in [0.29, 0.717) is 54.6 Å². The van der Waals surface area contributed by atoms with Gasteiger partial charge in [0.05, 0.1) is 54.6 Å². The molecule has 6 N–H and O–H groups in total. The van der Waals surface area contributed by atoms with Crippen molar-refractivity contribution in [3.63, 3.8) is 0 Å². The van der Waals surface area contributed by atoms with E-state index in [4.69, 9.17) is 24.2 Å². The van der Waals surface area contributed by atoms with Gasteiger partial charge in [-0.2, -0.15) is 0 Å². The number of anilines is 6. The minimum absolute atomic E-state index is 0.0349. The maximum Gasteiger partial charge on any atom is 0.247 e. The number of hydrogen-bond donors (Lipinski definition) is 6. The van der Waals surface area contributed by atoms with Crippen LogP contribution in [0.2, 0.25) is 0 Å². The van der Waals surface area contributed by atoms with Crippen LogP contribution < -0.4 is 36.6 Å². The molecule has 72 heavy (non-hydrogen) atoms. The van der Waals surface area contributed by atoms with Crippen LogP contribution in [0, 0.1) is 13.8 Å². The van der Waals surface area contributed by atoms with Crippen LogP contribution in [-0.2, 0) is 19.1 Å². The second-order valence-electron chi connectivity index (χ2n) is 17.0. The fraction of sp³-hybridized carbons (Fsp3) is 0.200. The lowest BCUT2D eigenvalue weighted by Gasteiger charge is -2.23. The maximum absolute atomic E-state index is 11.8. The lowest BCUT2D eigenvalue weighted by atomic mass is 9.97. The van der Waals surface area contributed by atoms with E-state index in [1.54, 1.807) is 25.7 Å². The summed E-state index contributed by atoms with van der Waals surface area (Å²) in [6, 6.07) is 31.2. The predicted molar refractivity (Wildman–Crippen MR) is 282 cm³/mol. The number of carbonyl (C=O) groups is 2. The summed E-state index contributed by atoms with van der Waals surface area (Å²) in [7, 11) is 1.58. The number of hydrogen-bond acceptors (Lipinski definition) is 15. The largest absolute Gasteiger partial charge is 0.480 e. The van der Waals surface area contributed by atoms with Gasteiger partial charge in [0.25, 0.3) is 0 Å². The third-order valence-corrected chi connectivity index (χ3v) is 12.0. The van der Waals surface area contributed by atoms with E-state index < -0.39 is 0 Å². The van der Waals surface area contributed by atoms with Crippen LogP contribution in [0.5, 0.6) is 5.88 Å². The molecule has 364 valence electrons. The van der Waals surface area contributed by atoms with E-state index in [2.05, 4.69) is 65.0 Å². The molecular formula is C55H54N12O5. The highest BCUT2D eigenvalue weighted by molar-refractivity contribution is 6.02. The van der Waals surface area contributed by atoms with Gasteiger partial charge in [0.2, 0.25) is 29.6 Å². The molecule has 2 aliphatic heterocycles. The Balaban J connectivity index is 0.000000178. The summed E-state index contributed by atoms with van der Waals surface area (Å²) in [6.45, 7) is 15.6. The Morgan fingerprint density at radius 1 is 0.625 bits per heavy atom. The number of methoxy groups -OCH3 is 1. The number of morpholine rings is 2. The Hall–Kier alpha value is -8.48. The minimum atomic E-state index is -0.263. The molecule has 0 radical (unpaired) electrons. The molecule has 8 aromatic rings. The van der Waals surface area contributed by atoms with Crippen molar-refractivity contribution in [1.82, 2.24) is 40.5 Å². The molecule has 2 amide bonds. The fourth-order valence-electron chi connectivity index (χ4n) is 8.45. The van der Waals surface area contributed by atoms with Crippen LogP contribution in [-0.4, -0.2) is 88.2 Å². The highest BCUT2D eigenvalue weighted by Gasteiger charge is 2.21. The first-order chi connectivity index (χ1) is 35.2. The van der Waals surface area contributed by atoms with Gasteiger partial charge in [-0.1, -0.05) is 61.7 Å². The Labute approximate surface area is 416 Å². The number of aryl methyl sites for hydroxylation is 2. The lowest BCUT2D eigenvalue weighted by Crippen LogP contribution is -2.33. The van der Waals surface area contributed by atoms with E-state index in [-0.39, 0.29) is 24.0 Å². The van der Waals surface area contributed by atoms with Crippen molar-refractivity contribution in [1.29, 1.82) is 0 Å². The normalized spacial score (nSPS) is 15.4. The first-order valence-electron chi connectivity index (χ1n) is 23.5. The highest BCUT2D eigenvalue weighted by Crippen LogP contribution is 2.35. The molecule has 0 aliphatic carbocycles. The SMILES string of the molecule is C=CC(=O)Nc1cccc(-c2c(C)ccc3cnc(Nc4ccc(C5CNCCO5)nc4)nc23)c1.C=CC(=O)Nc1cccc(-c2c(C)ccc3cnc(Nc4ccc(C5CNCCO5)nc4OC)nc23)c1. The summed E-state index contributed by atoms with van der Waals surface area (Å²) in [5, 5.41) is 20.6. The Morgan fingerprint density at radius 3 is 1.67 bits per heavy atom. The van der Waals surface area contributed by atoms with E-state index in [1.807, 2.05) is 111 Å². The number of rotatable bonds is 13. The summed E-state index contributed by atoms with van der Waals surface area (Å²) in [4.78, 5) is 51.5. The average Bonchev–Trinajstić information content (AvgIpc) is 3.41. The molecule has 17 heteroatoms. The Morgan fingerprint density at radius 2 is 1.17 bits per heavy atom. The number of nitrogens with zero attached hydrogens (tertiary/aromatic N) is 6. The average molecular weight is 963 g/mol. The summed E-state index contributed by atoms with van der Waals surface area (Å²) in [5.41, 5.74) is 12.1. The quantitative estimate of drug-likeness (QED) is 0.0595. The summed E-state index contributed by atoms with van der Waals surface area (Å²) in [6.07, 6.45) is 7.70. The van der Waals surface area contributed by atoms with Crippen molar-refractivity contribution >= 4 is 68.3 Å². The second kappa shape index (κ2) is 22.5. The van der Waals surface area contributed by atoms with Crippen LogP contribution in [0.3, 0.4) is 0 Å². The molecule has 0 saturated carbocycles. The van der Waals surface area contributed by atoms with E-state index in [9.17, 15) is 9.59 Å². The molecule has 10 rings (SSSR count). The number of nitrogens with one attached hydrogen (secondary N) is 6. The Kier molecular flexibility index (Phi) is 15.2. The molecule has 4 aromatic carbocycles. The molecular weight excluding hydrogens is 909 g/mol. The highest BCUT2D eigenvalue weighted by atomic mass is 16.5. The van der Waals surface area contributed by atoms with Gasteiger partial charge in [-0.05, 0) is 96.8 Å². The summed E-state index contributed by atoms with van der Waals surface area (Å²) >= 11 is 0. The number of benzene rings is 4. The maximum atomic E-state index is 11.8. The molecule has 0 bridgehead atoms. The lowest BCUT2D eigenvalue weighted by molar-refractivity contribution is -0.112. The van der Waals surface area contributed by atoms with E-state index in [0.717, 1.165) is 91.9 Å². The van der Waals surface area contributed by atoms with Gasteiger partial charge in [-0.25, -0.2) is 24.9 Å². The van der Waals surface area contributed by atoms with Crippen LogP contribution in [0.1, 0.15) is 34.7 Å². The zero-order valence-electron chi connectivity index (χ0n) is 40.2. The fourth-order valence-corrected chi connectivity index (χ4v) is 8.45. The molecule has 2 saturated heterocycles. The number of carbonyl (C=O) groups excluding carboxylic acids is 2. The molecule has 2 fully saturated rings. The smallest absolute Gasteiger partial charge is 0.247 e. The number of amides is 2. The minimum Gasteiger partial charge on any atom is -0.480 e. The van der Waals surface area contributed by atoms with E-state index >= 15 is 0 Å². The molecule has 2 unspecified atom stereocenters. The topological polar surface area (TPSA) is 211 Å². The van der Waals surface area contributed by atoms with Crippen LogP contribution >= 0.6 is 0 Å². The van der Waals surface area contributed by atoms with Crippen molar-refractivity contribution in [2.75, 3.05) is 67.8 Å². The van der Waals surface area contributed by atoms with Crippen molar-refractivity contribution in [3.8, 4) is 28.1 Å². The molecule has 0 spiro atoms. The van der Waals surface area contributed by atoms with Crippen molar-refractivity contribution < 1.29 is 23.8 Å². The summed E-state index contributed by atoms with van der Waals surface area (Å²) < 4.78 is 17.1. The summed E-state index contributed by atoms with van der Waals surface area (Å²) in [5.74, 6) is 0.812. The zero-order chi connectivity index (χ0) is 50.0. The van der Waals surface area contributed by atoms with Gasteiger partial charge in [0, 0.05) is 71.8 Å². The Bertz CT molecular complexity index is 3280. The van der Waals surface area contributed by atoms with Crippen LogP contribution in [0.4, 0.5) is 34.6 Å². The molecule has 6 heterocycles. The number of fused-ring (bicyclic) bond motifs is 2. The van der Waals surface area contributed by atoms with Gasteiger partial charge in [-0.3, -0.25) is 14.6 Å². The van der Waals surface area contributed by atoms with Crippen molar-refractivity contribution in [2.24, 2.45) is 0 Å². The number of aromatic nitrogens is 6. The number of ether oxygens (including phenoxy) is 3. The third-order valence-electron chi connectivity index (χ3n) is 12.0. The van der Waals surface area contributed by atoms with Gasteiger partial charge in [-0.15, -0.1) is 0 Å². The van der Waals surface area contributed by atoms with Crippen molar-refractivity contribution in [3.05, 3.63) is 163 Å². The first-order valence-corrected chi connectivity index (χ1v) is 23.5.